The molecule has 0 bridgehead atoms. The number of nitrogen functional groups attached to an aromatic ring is 1. The predicted molar refractivity (Wildman–Crippen MR) is 69.6 cm³/mol. The van der Waals surface area contributed by atoms with Gasteiger partial charge in [0, 0.05) is 18.8 Å². The molecule has 1 heterocycles. The third-order valence-electron chi connectivity index (χ3n) is 2.97. The van der Waals surface area contributed by atoms with Crippen LogP contribution in [-0.4, -0.2) is 27.7 Å². The van der Waals surface area contributed by atoms with Crippen molar-refractivity contribution in [3.63, 3.8) is 0 Å². The highest BCUT2D eigenvalue weighted by atomic mass is 32.2. The van der Waals surface area contributed by atoms with Gasteiger partial charge in [0.2, 0.25) is 10.0 Å². The number of hydrogen-bond donors (Lipinski definition) is 2. The topological polar surface area (TPSA) is 81.4 Å². The predicted octanol–water partition coefficient (Wildman–Crippen LogP) is 1.12. The number of anilines is 1. The molecule has 0 saturated carbocycles. The van der Waals surface area contributed by atoms with Crippen LogP contribution >= 0.6 is 0 Å². The van der Waals surface area contributed by atoms with Gasteiger partial charge < -0.3 is 10.5 Å². The van der Waals surface area contributed by atoms with Crippen LogP contribution in [0.1, 0.15) is 19.3 Å². The maximum Gasteiger partial charge on any atom is 0.240 e. The molecule has 0 unspecified atom stereocenters. The number of nitrogens with two attached hydrogens (primary N) is 1. The maximum atomic E-state index is 12.0. The van der Waals surface area contributed by atoms with Gasteiger partial charge in [-0.1, -0.05) is 0 Å². The van der Waals surface area contributed by atoms with Gasteiger partial charge in [-0.25, -0.2) is 13.1 Å². The van der Waals surface area contributed by atoms with Gasteiger partial charge in [0.1, 0.15) is 0 Å². The lowest BCUT2D eigenvalue weighted by Crippen LogP contribution is -2.35. The van der Waals surface area contributed by atoms with E-state index in [4.69, 9.17) is 10.5 Å². The molecule has 1 aromatic rings. The van der Waals surface area contributed by atoms with E-state index in [1.54, 1.807) is 12.1 Å². The van der Waals surface area contributed by atoms with Crippen LogP contribution in [0, 0.1) is 0 Å². The zero-order valence-electron chi connectivity index (χ0n) is 10.1. The van der Waals surface area contributed by atoms with Crippen LogP contribution in [0.2, 0.25) is 0 Å². The molecule has 0 radical (unpaired) electrons. The SMILES string of the molecule is Nc1ccc(S(=O)(=O)NC[C@H]2CCCCO2)cc1. The van der Waals surface area contributed by atoms with Crippen molar-refractivity contribution in [2.24, 2.45) is 0 Å². The minimum Gasteiger partial charge on any atom is -0.399 e. The Kier molecular flexibility index (Phi) is 4.21. The molecule has 18 heavy (non-hydrogen) atoms. The van der Waals surface area contributed by atoms with Gasteiger partial charge in [0.15, 0.2) is 0 Å². The van der Waals surface area contributed by atoms with Crippen molar-refractivity contribution in [2.75, 3.05) is 18.9 Å². The Balaban J connectivity index is 1.96. The summed E-state index contributed by atoms with van der Waals surface area (Å²) in [4.78, 5) is 0.229. The second-order valence-corrected chi connectivity index (χ2v) is 6.18. The standard InChI is InChI=1S/C12H18N2O3S/c13-10-4-6-12(7-5-10)18(15,16)14-9-11-3-1-2-8-17-11/h4-7,11,14H,1-3,8-9,13H2/t11-/m1/s1. The van der Waals surface area contributed by atoms with Crippen molar-refractivity contribution in [1.82, 2.24) is 4.72 Å². The highest BCUT2D eigenvalue weighted by Gasteiger charge is 2.18. The number of sulfonamides is 1. The third kappa shape index (κ3) is 3.44. The van der Waals surface area contributed by atoms with Crippen LogP contribution in [0.15, 0.2) is 29.2 Å². The van der Waals surface area contributed by atoms with E-state index in [9.17, 15) is 8.42 Å². The lowest BCUT2D eigenvalue weighted by atomic mass is 10.1. The molecule has 0 amide bonds. The van der Waals surface area contributed by atoms with E-state index >= 15 is 0 Å². The summed E-state index contributed by atoms with van der Waals surface area (Å²) in [6, 6.07) is 6.15. The summed E-state index contributed by atoms with van der Waals surface area (Å²) < 4.78 is 32.0. The minimum atomic E-state index is -3.46. The highest BCUT2D eigenvalue weighted by Crippen LogP contribution is 2.14. The lowest BCUT2D eigenvalue weighted by Gasteiger charge is -2.22. The maximum absolute atomic E-state index is 12.0. The molecule has 0 spiro atoms. The van der Waals surface area contributed by atoms with E-state index in [-0.39, 0.29) is 11.0 Å². The van der Waals surface area contributed by atoms with Crippen LogP contribution in [0.3, 0.4) is 0 Å². The molecule has 6 heteroatoms. The Labute approximate surface area is 107 Å². The van der Waals surface area contributed by atoms with E-state index in [1.165, 1.54) is 12.1 Å². The second-order valence-electron chi connectivity index (χ2n) is 4.41. The van der Waals surface area contributed by atoms with Gasteiger partial charge in [0.05, 0.1) is 11.0 Å². The Bertz CT molecular complexity index is 479. The summed E-state index contributed by atoms with van der Waals surface area (Å²) >= 11 is 0. The number of nitrogens with one attached hydrogen (secondary N) is 1. The molecular formula is C12H18N2O3S. The molecule has 100 valence electrons. The van der Waals surface area contributed by atoms with Crippen molar-refractivity contribution in [3.8, 4) is 0 Å². The van der Waals surface area contributed by atoms with Crippen LogP contribution < -0.4 is 10.5 Å². The summed E-state index contributed by atoms with van der Waals surface area (Å²) in [5.41, 5.74) is 6.07. The van der Waals surface area contributed by atoms with Crippen LogP contribution in [0.5, 0.6) is 0 Å². The van der Waals surface area contributed by atoms with E-state index < -0.39 is 10.0 Å². The largest absolute Gasteiger partial charge is 0.399 e. The Morgan fingerprint density at radius 1 is 1.28 bits per heavy atom. The first-order chi connectivity index (χ1) is 8.58. The molecule has 2 rings (SSSR count). The fourth-order valence-corrected chi connectivity index (χ4v) is 2.97. The zero-order chi connectivity index (χ0) is 13.0. The average molecular weight is 270 g/mol. The van der Waals surface area contributed by atoms with Crippen molar-refractivity contribution in [1.29, 1.82) is 0 Å². The van der Waals surface area contributed by atoms with Gasteiger partial charge in [-0.2, -0.15) is 0 Å². The number of hydrogen-bond acceptors (Lipinski definition) is 4. The van der Waals surface area contributed by atoms with Crippen molar-refractivity contribution < 1.29 is 13.2 Å². The third-order valence-corrected chi connectivity index (χ3v) is 4.40. The molecule has 1 saturated heterocycles. The quantitative estimate of drug-likeness (QED) is 0.803. The molecule has 1 atom stereocenters. The zero-order valence-corrected chi connectivity index (χ0v) is 10.9. The molecule has 0 aromatic heterocycles. The number of ether oxygens (including phenoxy) is 1. The summed E-state index contributed by atoms with van der Waals surface area (Å²) in [7, 11) is -3.46. The summed E-state index contributed by atoms with van der Waals surface area (Å²) in [5, 5.41) is 0. The molecule has 1 fully saturated rings. The van der Waals surface area contributed by atoms with E-state index in [0.717, 1.165) is 19.3 Å². The number of rotatable bonds is 4. The first-order valence-electron chi connectivity index (χ1n) is 6.05. The monoisotopic (exact) mass is 270 g/mol. The highest BCUT2D eigenvalue weighted by molar-refractivity contribution is 7.89. The Hall–Kier alpha value is -1.11. The molecule has 1 aliphatic heterocycles. The molecule has 3 N–H and O–H groups in total. The number of benzene rings is 1. The van der Waals surface area contributed by atoms with Crippen LogP contribution in [0.4, 0.5) is 5.69 Å². The van der Waals surface area contributed by atoms with Crippen molar-refractivity contribution >= 4 is 15.7 Å². The first-order valence-corrected chi connectivity index (χ1v) is 7.53. The van der Waals surface area contributed by atoms with E-state index in [2.05, 4.69) is 4.72 Å². The van der Waals surface area contributed by atoms with Gasteiger partial charge in [-0.3, -0.25) is 0 Å². The lowest BCUT2D eigenvalue weighted by molar-refractivity contribution is 0.0200. The van der Waals surface area contributed by atoms with Crippen LogP contribution in [-0.2, 0) is 14.8 Å². The average Bonchev–Trinajstić information content (AvgIpc) is 2.38. The molecule has 1 aromatic carbocycles. The van der Waals surface area contributed by atoms with Gasteiger partial charge in [-0.15, -0.1) is 0 Å². The molecule has 1 aliphatic rings. The fourth-order valence-electron chi connectivity index (χ4n) is 1.90. The smallest absolute Gasteiger partial charge is 0.240 e. The molecule has 5 nitrogen and oxygen atoms in total. The summed E-state index contributed by atoms with van der Waals surface area (Å²) in [6.07, 6.45) is 3.04. The van der Waals surface area contributed by atoms with E-state index in [1.807, 2.05) is 0 Å². The summed E-state index contributed by atoms with van der Waals surface area (Å²) in [5.74, 6) is 0. The normalized spacial score (nSPS) is 20.8. The van der Waals surface area contributed by atoms with Gasteiger partial charge >= 0.3 is 0 Å². The first kappa shape index (κ1) is 13.3. The summed E-state index contributed by atoms with van der Waals surface area (Å²) in [6.45, 7) is 1.04. The van der Waals surface area contributed by atoms with Crippen LogP contribution in [0.25, 0.3) is 0 Å². The molecular weight excluding hydrogens is 252 g/mol. The Morgan fingerprint density at radius 3 is 2.61 bits per heavy atom. The fraction of sp³-hybridized carbons (Fsp3) is 0.500. The van der Waals surface area contributed by atoms with Gasteiger partial charge in [-0.05, 0) is 43.5 Å². The van der Waals surface area contributed by atoms with Gasteiger partial charge in [0.25, 0.3) is 0 Å². The van der Waals surface area contributed by atoms with E-state index in [0.29, 0.717) is 18.8 Å². The minimum absolute atomic E-state index is 0.0118. The van der Waals surface area contributed by atoms with Crippen molar-refractivity contribution in [3.05, 3.63) is 24.3 Å². The Morgan fingerprint density at radius 2 is 2.00 bits per heavy atom. The van der Waals surface area contributed by atoms with Crippen molar-refractivity contribution in [2.45, 2.75) is 30.3 Å². The molecule has 0 aliphatic carbocycles. The second kappa shape index (κ2) is 5.69.